The van der Waals surface area contributed by atoms with Gasteiger partial charge in [0.1, 0.15) is 17.8 Å². The minimum atomic E-state index is -0.667. The van der Waals surface area contributed by atoms with Crippen LogP contribution >= 0.6 is 0 Å². The van der Waals surface area contributed by atoms with Crippen LogP contribution in [0, 0.1) is 0 Å². The summed E-state index contributed by atoms with van der Waals surface area (Å²) in [6.07, 6.45) is 2.36. The van der Waals surface area contributed by atoms with Crippen LogP contribution < -0.4 is 10.6 Å². The number of piperidine rings is 1. The van der Waals surface area contributed by atoms with E-state index in [9.17, 15) is 14.7 Å². The van der Waals surface area contributed by atoms with Crippen LogP contribution in [0.3, 0.4) is 0 Å². The van der Waals surface area contributed by atoms with Gasteiger partial charge in [0.2, 0.25) is 5.91 Å². The number of β-amino-alcohol motifs (C(OH)–C–C–N with tert-alkyl or cyclic N) is 1. The first-order valence-corrected chi connectivity index (χ1v) is 11.1. The molecule has 0 spiro atoms. The highest BCUT2D eigenvalue weighted by molar-refractivity contribution is 5.92. The summed E-state index contributed by atoms with van der Waals surface area (Å²) in [6.45, 7) is 5.29. The Morgan fingerprint density at radius 3 is 2.50 bits per heavy atom. The van der Waals surface area contributed by atoms with Crippen molar-refractivity contribution in [1.29, 1.82) is 0 Å². The molecule has 0 aliphatic carbocycles. The van der Waals surface area contributed by atoms with E-state index in [0.29, 0.717) is 25.5 Å². The van der Waals surface area contributed by atoms with Gasteiger partial charge in [-0.15, -0.1) is 0 Å². The van der Waals surface area contributed by atoms with E-state index in [1.807, 2.05) is 17.0 Å². The zero-order valence-electron chi connectivity index (χ0n) is 18.3. The smallest absolute Gasteiger partial charge is 0.270 e. The van der Waals surface area contributed by atoms with Gasteiger partial charge in [-0.1, -0.05) is 24.3 Å². The highest BCUT2D eigenvalue weighted by Gasteiger charge is 2.22. The second kappa shape index (κ2) is 10.1. The summed E-state index contributed by atoms with van der Waals surface area (Å²) in [6, 6.07) is 10.1. The van der Waals surface area contributed by atoms with Gasteiger partial charge in [0, 0.05) is 58.3 Å². The van der Waals surface area contributed by atoms with Gasteiger partial charge in [0.25, 0.3) is 5.91 Å². The van der Waals surface area contributed by atoms with Gasteiger partial charge in [-0.25, -0.2) is 9.97 Å². The van der Waals surface area contributed by atoms with Crippen LogP contribution in [0.5, 0.6) is 0 Å². The largest absolute Gasteiger partial charge is 0.390 e. The topological polar surface area (TPSA) is 111 Å². The second-order valence-electron chi connectivity index (χ2n) is 8.52. The van der Waals surface area contributed by atoms with Crippen LogP contribution in [-0.2, 0) is 17.9 Å². The fraction of sp³-hybridized carbons (Fsp3) is 0.478. The number of anilines is 1. The summed E-state index contributed by atoms with van der Waals surface area (Å²) in [5.41, 5.74) is 2.83. The fourth-order valence-electron chi connectivity index (χ4n) is 4.30. The Morgan fingerprint density at radius 2 is 1.84 bits per heavy atom. The zero-order chi connectivity index (χ0) is 22.5. The van der Waals surface area contributed by atoms with Crippen LogP contribution in [0.4, 0.5) is 5.82 Å². The number of rotatable bonds is 7. The summed E-state index contributed by atoms with van der Waals surface area (Å²) in [7, 11) is 0. The lowest BCUT2D eigenvalue weighted by molar-refractivity contribution is -0.129. The number of likely N-dealkylation sites (tertiary alicyclic amines) is 1. The van der Waals surface area contributed by atoms with Crippen LogP contribution in [0.1, 0.15) is 41.4 Å². The number of benzene rings is 1. The van der Waals surface area contributed by atoms with Crippen LogP contribution in [-0.4, -0.2) is 75.0 Å². The number of hydrogen-bond acceptors (Lipinski definition) is 7. The molecule has 2 amide bonds. The molecule has 9 heteroatoms. The van der Waals surface area contributed by atoms with E-state index >= 15 is 0 Å². The first kappa shape index (κ1) is 22.2. The maximum absolute atomic E-state index is 12.5. The standard InChI is InChI=1S/C23H30N6O3/c1-16(30)29-8-6-19(7-9-29)27-22-10-21(25-15-26-22)23(32)24-11-20(31)14-28-12-17-4-2-3-5-18(17)13-28/h2-5,10,15,19-20,31H,6-9,11-14H2,1H3,(H,24,32)(H,25,26,27)/t20-/m0/s1. The van der Waals surface area contributed by atoms with Gasteiger partial charge < -0.3 is 20.6 Å². The number of aliphatic hydroxyl groups excluding tert-OH is 1. The predicted molar refractivity (Wildman–Crippen MR) is 120 cm³/mol. The van der Waals surface area contributed by atoms with Crippen molar-refractivity contribution in [2.45, 2.75) is 45.0 Å². The molecule has 1 fully saturated rings. The Morgan fingerprint density at radius 1 is 1.16 bits per heavy atom. The van der Waals surface area contributed by atoms with E-state index in [-0.39, 0.29) is 30.1 Å². The van der Waals surface area contributed by atoms with Crippen molar-refractivity contribution in [3.63, 3.8) is 0 Å². The molecule has 32 heavy (non-hydrogen) atoms. The number of nitrogens with one attached hydrogen (secondary N) is 2. The summed E-state index contributed by atoms with van der Waals surface area (Å²) < 4.78 is 0. The van der Waals surface area contributed by atoms with Crippen molar-refractivity contribution in [2.75, 3.05) is 31.5 Å². The van der Waals surface area contributed by atoms with Crippen molar-refractivity contribution in [2.24, 2.45) is 0 Å². The number of aliphatic hydroxyl groups is 1. The molecule has 170 valence electrons. The van der Waals surface area contributed by atoms with Gasteiger partial charge in [0.15, 0.2) is 0 Å². The molecule has 1 atom stereocenters. The Kier molecular flexibility index (Phi) is 6.96. The Hall–Kier alpha value is -3.04. The molecule has 0 unspecified atom stereocenters. The first-order valence-electron chi connectivity index (χ1n) is 11.1. The van der Waals surface area contributed by atoms with Crippen LogP contribution in [0.15, 0.2) is 36.7 Å². The average Bonchev–Trinajstić information content (AvgIpc) is 3.20. The molecule has 0 saturated carbocycles. The minimum absolute atomic E-state index is 0.0981. The van der Waals surface area contributed by atoms with Crippen LogP contribution in [0.2, 0.25) is 0 Å². The molecule has 2 aliphatic heterocycles. The quantitative estimate of drug-likeness (QED) is 0.592. The molecule has 3 N–H and O–H groups in total. The number of carbonyl (C=O) groups excluding carboxylic acids is 2. The number of aromatic nitrogens is 2. The van der Waals surface area contributed by atoms with Gasteiger partial charge >= 0.3 is 0 Å². The third-order valence-corrected chi connectivity index (χ3v) is 6.07. The maximum Gasteiger partial charge on any atom is 0.270 e. The fourth-order valence-corrected chi connectivity index (χ4v) is 4.30. The van der Waals surface area contributed by atoms with E-state index in [4.69, 9.17) is 0 Å². The van der Waals surface area contributed by atoms with Crippen molar-refractivity contribution < 1.29 is 14.7 Å². The number of hydrogen-bond donors (Lipinski definition) is 3. The lowest BCUT2D eigenvalue weighted by atomic mass is 10.1. The molecule has 1 saturated heterocycles. The zero-order valence-corrected chi connectivity index (χ0v) is 18.3. The number of fused-ring (bicyclic) bond motifs is 1. The number of carbonyl (C=O) groups is 2. The van der Waals surface area contributed by atoms with Crippen molar-refractivity contribution >= 4 is 17.6 Å². The first-order chi connectivity index (χ1) is 15.5. The summed E-state index contributed by atoms with van der Waals surface area (Å²) in [5, 5.41) is 16.5. The molecule has 9 nitrogen and oxygen atoms in total. The second-order valence-corrected chi connectivity index (χ2v) is 8.52. The molecule has 0 bridgehead atoms. The molecule has 1 aromatic carbocycles. The maximum atomic E-state index is 12.5. The molecular weight excluding hydrogens is 408 g/mol. The van der Waals surface area contributed by atoms with E-state index in [0.717, 1.165) is 25.9 Å². The van der Waals surface area contributed by atoms with E-state index < -0.39 is 6.10 Å². The third kappa shape index (κ3) is 5.60. The Bertz CT molecular complexity index is 935. The van der Waals surface area contributed by atoms with Crippen LogP contribution in [0.25, 0.3) is 0 Å². The summed E-state index contributed by atoms with van der Waals surface area (Å²) in [5.74, 6) is 0.341. The minimum Gasteiger partial charge on any atom is -0.390 e. The van der Waals surface area contributed by atoms with Gasteiger partial charge in [0.05, 0.1) is 6.10 Å². The molecule has 2 aromatic rings. The SMILES string of the molecule is CC(=O)N1CCC(Nc2cc(C(=O)NC[C@H](O)CN3Cc4ccccc4C3)ncn2)CC1. The molecule has 2 aliphatic rings. The molecule has 0 radical (unpaired) electrons. The Balaban J connectivity index is 1.23. The molecule has 4 rings (SSSR count). The van der Waals surface area contributed by atoms with Gasteiger partial charge in [-0.05, 0) is 24.0 Å². The highest BCUT2D eigenvalue weighted by atomic mass is 16.3. The van der Waals surface area contributed by atoms with Crippen molar-refractivity contribution in [3.8, 4) is 0 Å². The highest BCUT2D eigenvalue weighted by Crippen LogP contribution is 2.22. The average molecular weight is 439 g/mol. The van der Waals surface area contributed by atoms with Gasteiger partial charge in [-0.3, -0.25) is 14.5 Å². The van der Waals surface area contributed by atoms with E-state index in [1.54, 1.807) is 13.0 Å². The monoisotopic (exact) mass is 438 g/mol. The summed E-state index contributed by atoms with van der Waals surface area (Å²) >= 11 is 0. The lowest BCUT2D eigenvalue weighted by Gasteiger charge is -2.31. The Labute approximate surface area is 187 Å². The molecule has 3 heterocycles. The summed E-state index contributed by atoms with van der Waals surface area (Å²) in [4.78, 5) is 36.3. The van der Waals surface area contributed by atoms with Crippen molar-refractivity contribution in [3.05, 3.63) is 53.5 Å². The predicted octanol–water partition coefficient (Wildman–Crippen LogP) is 1.01. The third-order valence-electron chi connectivity index (χ3n) is 6.07. The normalized spacial score (nSPS) is 17.6. The van der Waals surface area contributed by atoms with E-state index in [2.05, 4.69) is 37.6 Å². The number of amides is 2. The number of nitrogens with zero attached hydrogens (tertiary/aromatic N) is 4. The van der Waals surface area contributed by atoms with E-state index in [1.165, 1.54) is 17.5 Å². The lowest BCUT2D eigenvalue weighted by Crippen LogP contribution is -2.41. The molecular formula is C23H30N6O3. The van der Waals surface area contributed by atoms with Gasteiger partial charge in [-0.2, -0.15) is 0 Å². The molecule has 1 aromatic heterocycles. The van der Waals surface area contributed by atoms with Crippen molar-refractivity contribution in [1.82, 2.24) is 25.1 Å².